The Morgan fingerprint density at radius 3 is 1.49 bits per heavy atom. The molecule has 5 heteroatoms. The van der Waals surface area contributed by atoms with Gasteiger partial charge in [-0.2, -0.15) is 0 Å². The molecular formula is C34H53IO4. The summed E-state index contributed by atoms with van der Waals surface area (Å²) in [5, 5.41) is 0. The van der Waals surface area contributed by atoms with Crippen LogP contribution in [0.2, 0.25) is 0 Å². The number of methoxy groups -OCH3 is 2. The number of rotatable bonds is 15. The lowest BCUT2D eigenvalue weighted by Crippen LogP contribution is -2.25. The van der Waals surface area contributed by atoms with Crippen LogP contribution in [0.3, 0.4) is 0 Å². The highest BCUT2D eigenvalue weighted by Crippen LogP contribution is 2.25. The van der Waals surface area contributed by atoms with E-state index < -0.39 is 0 Å². The molecule has 0 aliphatic heterocycles. The van der Waals surface area contributed by atoms with Crippen LogP contribution in [0.5, 0.6) is 0 Å². The molecule has 2 aromatic rings. The van der Waals surface area contributed by atoms with E-state index in [9.17, 15) is 9.59 Å². The molecule has 0 aliphatic rings. The second-order valence-electron chi connectivity index (χ2n) is 10.8. The summed E-state index contributed by atoms with van der Waals surface area (Å²) in [6.45, 7) is 7.52. The molecule has 0 unspecified atom stereocenters. The van der Waals surface area contributed by atoms with E-state index in [1.165, 1.54) is 81.1 Å². The molecule has 0 aliphatic carbocycles. The summed E-state index contributed by atoms with van der Waals surface area (Å²) < 4.78 is 10.5. The van der Waals surface area contributed by atoms with Gasteiger partial charge in [-0.25, -0.2) is 0 Å². The van der Waals surface area contributed by atoms with Crippen LogP contribution in [0.4, 0.5) is 0 Å². The van der Waals surface area contributed by atoms with E-state index in [1.54, 1.807) is 13.8 Å². The smallest absolute Gasteiger partial charge is 0.311 e. The zero-order chi connectivity index (χ0) is 29.4. The Bertz CT molecular complexity index is 850. The van der Waals surface area contributed by atoms with Crippen molar-refractivity contribution < 1.29 is 19.1 Å². The van der Waals surface area contributed by atoms with Crippen molar-refractivity contribution >= 4 is 34.5 Å². The average Bonchev–Trinajstić information content (AvgIpc) is 2.95. The van der Waals surface area contributed by atoms with Crippen molar-refractivity contribution in [3.05, 3.63) is 71.8 Å². The lowest BCUT2D eigenvalue weighted by atomic mass is 9.87. The molecule has 0 saturated heterocycles. The van der Waals surface area contributed by atoms with Crippen molar-refractivity contribution in [1.82, 2.24) is 0 Å². The van der Waals surface area contributed by atoms with E-state index in [-0.39, 0.29) is 23.3 Å². The van der Waals surface area contributed by atoms with Gasteiger partial charge in [0, 0.05) is 0 Å². The second kappa shape index (κ2) is 24.0. The predicted octanol–water partition coefficient (Wildman–Crippen LogP) is 9.42. The molecule has 0 heterocycles. The molecule has 0 N–H and O–H groups in total. The molecule has 2 aromatic carbocycles. The Morgan fingerprint density at radius 2 is 1.13 bits per heavy atom. The molecular weight excluding hydrogens is 599 g/mol. The van der Waals surface area contributed by atoms with Crippen molar-refractivity contribution in [3.8, 4) is 0 Å². The summed E-state index contributed by atoms with van der Waals surface area (Å²) in [5.41, 5.74) is 2.56. The minimum absolute atomic E-state index is 0.00463. The van der Waals surface area contributed by atoms with E-state index in [4.69, 9.17) is 4.74 Å². The second-order valence-corrected chi connectivity index (χ2v) is 11.9. The number of esters is 2. The van der Waals surface area contributed by atoms with Crippen LogP contribution in [-0.4, -0.2) is 30.6 Å². The van der Waals surface area contributed by atoms with E-state index in [0.717, 1.165) is 19.3 Å². The van der Waals surface area contributed by atoms with Crippen LogP contribution in [-0.2, 0) is 31.9 Å². The minimum Gasteiger partial charge on any atom is -0.469 e. The highest BCUT2D eigenvalue weighted by Gasteiger charge is 2.27. The van der Waals surface area contributed by atoms with E-state index in [1.807, 2.05) is 13.8 Å². The van der Waals surface area contributed by atoms with Crippen molar-refractivity contribution in [2.45, 2.75) is 98.3 Å². The number of hydrogen-bond acceptors (Lipinski definition) is 4. The molecule has 0 bridgehead atoms. The first-order valence-electron chi connectivity index (χ1n) is 14.5. The van der Waals surface area contributed by atoms with Gasteiger partial charge in [0.2, 0.25) is 0 Å². The maximum Gasteiger partial charge on any atom is 0.311 e. The number of carbonyl (C=O) groups is 2. The Kier molecular flexibility index (Phi) is 22.8. The number of alkyl halides is 1. The summed E-state index contributed by atoms with van der Waals surface area (Å²) in [7, 11) is 2.85. The van der Waals surface area contributed by atoms with Crippen LogP contribution in [0.1, 0.15) is 96.6 Å². The van der Waals surface area contributed by atoms with E-state index >= 15 is 0 Å². The van der Waals surface area contributed by atoms with Crippen LogP contribution >= 0.6 is 22.6 Å². The Labute approximate surface area is 252 Å². The highest BCUT2D eigenvalue weighted by molar-refractivity contribution is 14.1. The number of carbonyl (C=O) groups excluding carboxylic acids is 2. The van der Waals surface area contributed by atoms with Gasteiger partial charge in [0.05, 0.1) is 25.6 Å². The van der Waals surface area contributed by atoms with Crippen molar-refractivity contribution in [1.29, 1.82) is 0 Å². The molecule has 0 aromatic heterocycles. The molecule has 0 spiro atoms. The van der Waals surface area contributed by atoms with E-state index in [2.05, 4.69) is 88.0 Å². The zero-order valence-corrected chi connectivity index (χ0v) is 27.5. The first-order chi connectivity index (χ1) is 18.7. The predicted molar refractivity (Wildman–Crippen MR) is 173 cm³/mol. The fourth-order valence-electron chi connectivity index (χ4n) is 3.93. The van der Waals surface area contributed by atoms with Gasteiger partial charge < -0.3 is 9.47 Å². The molecule has 0 radical (unpaired) electrons. The summed E-state index contributed by atoms with van der Waals surface area (Å²) >= 11 is 2.45. The van der Waals surface area contributed by atoms with Gasteiger partial charge in [-0.1, -0.05) is 129 Å². The normalized spacial score (nSPS) is 10.6. The molecule has 4 nitrogen and oxygen atoms in total. The number of benzene rings is 2. The Morgan fingerprint density at radius 1 is 0.692 bits per heavy atom. The SMILES string of the molecule is COC(=O)C(C)(C)CCCCCCc1ccccc1.COC(=O)C(C)C.ICCCCCCc1ccccc1. The molecule has 0 fully saturated rings. The molecule has 0 amide bonds. The first-order valence-corrected chi connectivity index (χ1v) is 16.0. The molecule has 0 atom stereocenters. The molecule has 39 heavy (non-hydrogen) atoms. The third-order valence-electron chi connectivity index (χ3n) is 6.46. The molecule has 2 rings (SSSR count). The Balaban J connectivity index is 0.000000622. The molecule has 0 saturated carbocycles. The quantitative estimate of drug-likeness (QED) is 0.0833. The number of aryl methyl sites for hydroxylation is 2. The van der Waals surface area contributed by atoms with Gasteiger partial charge in [0.25, 0.3) is 0 Å². The largest absolute Gasteiger partial charge is 0.469 e. The standard InChI is InChI=1S/C17H26O2.C12H17I.C5H10O2/c1-17(2,16(18)19-3)14-10-5-4-7-11-15-12-8-6-9-13-15;13-11-7-2-1-4-8-12-9-5-3-6-10-12;1-4(2)5(6)7-3/h6,8-9,12-13H,4-5,7,10-11,14H2,1-3H3;3,5-6,9-10H,1-2,4,7-8,11H2;4H,1-3H3. The van der Waals surface area contributed by atoms with Gasteiger partial charge in [-0.3, -0.25) is 9.59 Å². The molecule has 220 valence electrons. The van der Waals surface area contributed by atoms with Crippen molar-refractivity contribution in [2.75, 3.05) is 18.6 Å². The van der Waals surface area contributed by atoms with Gasteiger partial charge in [0.1, 0.15) is 0 Å². The highest BCUT2D eigenvalue weighted by atomic mass is 127. The van der Waals surface area contributed by atoms with Crippen molar-refractivity contribution in [2.24, 2.45) is 11.3 Å². The minimum atomic E-state index is -0.339. The fourth-order valence-corrected chi connectivity index (χ4v) is 4.47. The van der Waals surface area contributed by atoms with E-state index in [0.29, 0.717) is 0 Å². The third kappa shape index (κ3) is 20.6. The summed E-state index contributed by atoms with van der Waals surface area (Å²) in [5.74, 6) is -0.248. The number of unbranched alkanes of at least 4 members (excludes halogenated alkanes) is 6. The monoisotopic (exact) mass is 652 g/mol. The summed E-state index contributed by atoms with van der Waals surface area (Å²) in [6, 6.07) is 21.4. The Hall–Kier alpha value is -1.89. The summed E-state index contributed by atoms with van der Waals surface area (Å²) in [4.78, 5) is 21.8. The number of ether oxygens (including phenoxy) is 2. The van der Waals surface area contributed by atoms with Gasteiger partial charge >= 0.3 is 11.9 Å². The van der Waals surface area contributed by atoms with Gasteiger partial charge in [-0.05, 0) is 67.9 Å². The van der Waals surface area contributed by atoms with Crippen LogP contribution in [0.25, 0.3) is 0 Å². The zero-order valence-electron chi connectivity index (χ0n) is 25.3. The van der Waals surface area contributed by atoms with Gasteiger partial charge in [0.15, 0.2) is 0 Å². The number of halogens is 1. The lowest BCUT2D eigenvalue weighted by molar-refractivity contribution is -0.151. The lowest BCUT2D eigenvalue weighted by Gasteiger charge is -2.20. The topological polar surface area (TPSA) is 52.6 Å². The summed E-state index contributed by atoms with van der Waals surface area (Å²) in [6.07, 6.45) is 13.6. The van der Waals surface area contributed by atoms with Crippen LogP contribution in [0, 0.1) is 11.3 Å². The first kappa shape index (κ1) is 37.1. The maximum absolute atomic E-state index is 11.5. The average molecular weight is 653 g/mol. The number of hydrogen-bond donors (Lipinski definition) is 0. The van der Waals surface area contributed by atoms with Gasteiger partial charge in [-0.15, -0.1) is 0 Å². The van der Waals surface area contributed by atoms with Crippen LogP contribution in [0.15, 0.2) is 60.7 Å². The fraction of sp³-hybridized carbons (Fsp3) is 0.588. The maximum atomic E-state index is 11.5. The van der Waals surface area contributed by atoms with Crippen molar-refractivity contribution in [3.63, 3.8) is 0 Å². The third-order valence-corrected chi connectivity index (χ3v) is 7.23. The van der Waals surface area contributed by atoms with Crippen LogP contribution < -0.4 is 0 Å².